The van der Waals surface area contributed by atoms with Crippen LogP contribution in [0.15, 0.2) is 72.4 Å². The monoisotopic (exact) mass is 540 g/mol. The number of anilines is 1. The van der Waals surface area contributed by atoms with Gasteiger partial charge in [0.2, 0.25) is 0 Å². The first-order valence-electron chi connectivity index (χ1n) is 10.9. The molecule has 3 aromatic carbocycles. The van der Waals surface area contributed by atoms with E-state index in [4.69, 9.17) is 39.5 Å². The van der Waals surface area contributed by atoms with Gasteiger partial charge in [-0.3, -0.25) is 14.5 Å². The number of hydrogen-bond donors (Lipinski definition) is 1. The molecule has 1 fully saturated rings. The number of aryl methyl sites for hydroxylation is 1. The number of rotatable bonds is 4. The Morgan fingerprint density at radius 1 is 0.972 bits per heavy atom. The highest BCUT2D eigenvalue weighted by Crippen LogP contribution is 2.46. The largest absolute Gasteiger partial charge is 0.507 e. The van der Waals surface area contributed by atoms with E-state index < -0.39 is 23.5 Å². The van der Waals surface area contributed by atoms with Crippen LogP contribution >= 0.6 is 34.8 Å². The molecule has 5 rings (SSSR count). The Labute approximate surface area is 221 Å². The van der Waals surface area contributed by atoms with Gasteiger partial charge in [-0.15, -0.1) is 0 Å². The van der Waals surface area contributed by atoms with Gasteiger partial charge in [0.1, 0.15) is 11.5 Å². The Bertz CT molecular complexity index is 1570. The van der Waals surface area contributed by atoms with E-state index in [9.17, 15) is 14.7 Å². The zero-order chi connectivity index (χ0) is 25.7. The lowest BCUT2D eigenvalue weighted by Gasteiger charge is -2.25. The highest BCUT2D eigenvalue weighted by Gasteiger charge is 2.48. The second-order valence-corrected chi connectivity index (χ2v) is 9.61. The van der Waals surface area contributed by atoms with E-state index in [0.717, 1.165) is 10.9 Å². The van der Waals surface area contributed by atoms with Crippen molar-refractivity contribution in [3.8, 4) is 5.75 Å². The molecule has 1 amide bonds. The number of hydrogen-bond acceptors (Lipinski definition) is 4. The molecule has 1 saturated heterocycles. The maximum absolute atomic E-state index is 13.5. The molecule has 1 N–H and O–H groups in total. The number of methoxy groups -OCH3 is 1. The molecular weight excluding hydrogens is 523 g/mol. The van der Waals surface area contributed by atoms with Crippen LogP contribution in [-0.2, 0) is 16.6 Å². The van der Waals surface area contributed by atoms with Gasteiger partial charge in [0, 0.05) is 45.4 Å². The number of nitrogens with zero attached hydrogens (tertiary/aromatic N) is 2. The fourth-order valence-corrected chi connectivity index (χ4v) is 5.37. The van der Waals surface area contributed by atoms with E-state index in [1.54, 1.807) is 24.3 Å². The molecule has 6 nitrogen and oxygen atoms in total. The van der Waals surface area contributed by atoms with Crippen LogP contribution in [0.25, 0.3) is 16.7 Å². The molecule has 0 saturated carbocycles. The van der Waals surface area contributed by atoms with Gasteiger partial charge in [0.05, 0.1) is 29.3 Å². The summed E-state index contributed by atoms with van der Waals surface area (Å²) >= 11 is 18.6. The van der Waals surface area contributed by atoms with Gasteiger partial charge in [0.25, 0.3) is 11.7 Å². The van der Waals surface area contributed by atoms with Crippen molar-refractivity contribution in [3.05, 3.63) is 98.6 Å². The molecule has 0 bridgehead atoms. The maximum atomic E-state index is 13.5. The SMILES string of the molecule is COc1c(Cl)cc(Cl)cc1/C(O)=C1\C(=O)C(=O)N(c2ccc(Cl)cc2)C1c1cn(C)c2ccccc12. The maximum Gasteiger partial charge on any atom is 0.300 e. The van der Waals surface area contributed by atoms with Gasteiger partial charge in [-0.2, -0.15) is 0 Å². The van der Waals surface area contributed by atoms with E-state index in [0.29, 0.717) is 16.3 Å². The predicted octanol–water partition coefficient (Wildman–Crippen LogP) is 6.77. The van der Waals surface area contributed by atoms with Crippen LogP contribution in [0.4, 0.5) is 5.69 Å². The second-order valence-electron chi connectivity index (χ2n) is 8.33. The lowest BCUT2D eigenvalue weighted by Crippen LogP contribution is -2.29. The molecule has 36 heavy (non-hydrogen) atoms. The van der Waals surface area contributed by atoms with Crippen molar-refractivity contribution >= 4 is 68.8 Å². The molecule has 1 unspecified atom stereocenters. The van der Waals surface area contributed by atoms with Crippen molar-refractivity contribution in [2.45, 2.75) is 6.04 Å². The molecule has 4 aromatic rings. The van der Waals surface area contributed by atoms with Crippen LogP contribution in [0.1, 0.15) is 17.2 Å². The second kappa shape index (κ2) is 9.21. The zero-order valence-corrected chi connectivity index (χ0v) is 21.4. The van der Waals surface area contributed by atoms with Crippen LogP contribution in [0.5, 0.6) is 5.75 Å². The topological polar surface area (TPSA) is 71.8 Å². The Morgan fingerprint density at radius 3 is 2.36 bits per heavy atom. The molecule has 0 spiro atoms. The van der Waals surface area contributed by atoms with Crippen LogP contribution in [-0.4, -0.2) is 28.5 Å². The van der Waals surface area contributed by atoms with Crippen molar-refractivity contribution < 1.29 is 19.4 Å². The third-order valence-corrected chi connectivity index (χ3v) is 6.99. The molecule has 0 radical (unpaired) electrons. The molecule has 182 valence electrons. The van der Waals surface area contributed by atoms with E-state index in [-0.39, 0.29) is 26.9 Å². The number of carbonyl (C=O) groups excluding carboxylic acids is 2. The Hall–Kier alpha value is -3.45. The minimum atomic E-state index is -0.945. The van der Waals surface area contributed by atoms with Gasteiger partial charge in [-0.1, -0.05) is 53.0 Å². The number of para-hydroxylation sites is 1. The summed E-state index contributed by atoms with van der Waals surface area (Å²) in [6.45, 7) is 0. The van der Waals surface area contributed by atoms with Crippen molar-refractivity contribution in [1.29, 1.82) is 0 Å². The smallest absolute Gasteiger partial charge is 0.300 e. The Kier molecular flexibility index (Phi) is 6.20. The third-order valence-electron chi connectivity index (χ3n) is 6.24. The molecule has 1 aliphatic heterocycles. The van der Waals surface area contributed by atoms with Crippen molar-refractivity contribution in [1.82, 2.24) is 4.57 Å². The van der Waals surface area contributed by atoms with E-state index >= 15 is 0 Å². The van der Waals surface area contributed by atoms with Gasteiger partial charge < -0.3 is 14.4 Å². The number of benzene rings is 3. The van der Waals surface area contributed by atoms with Crippen molar-refractivity contribution in [2.24, 2.45) is 7.05 Å². The zero-order valence-electron chi connectivity index (χ0n) is 19.1. The van der Waals surface area contributed by atoms with Crippen LogP contribution in [0.3, 0.4) is 0 Å². The number of aliphatic hydroxyl groups is 1. The standard InChI is InChI=1S/C27H19Cl3N2O4/c1-31-13-19(17-5-3-4-6-21(17)31)23-22(24(33)18-11-15(29)12-20(30)26(18)36-2)25(34)27(35)32(23)16-9-7-14(28)8-10-16/h3-13,23,33H,1-2H3/b24-22+. The lowest BCUT2D eigenvalue weighted by molar-refractivity contribution is -0.132. The molecule has 1 aromatic heterocycles. The summed E-state index contributed by atoms with van der Waals surface area (Å²) < 4.78 is 7.31. The number of carbonyl (C=O) groups is 2. The minimum absolute atomic E-state index is 0.106. The average molecular weight is 542 g/mol. The third kappa shape index (κ3) is 3.82. The average Bonchev–Trinajstić information content (AvgIpc) is 3.32. The summed E-state index contributed by atoms with van der Waals surface area (Å²) in [5, 5.41) is 13.2. The summed E-state index contributed by atoms with van der Waals surface area (Å²) in [6.07, 6.45) is 1.85. The number of amides is 1. The fraction of sp³-hybridized carbons (Fsp3) is 0.111. The first-order valence-corrected chi connectivity index (χ1v) is 12.0. The summed E-state index contributed by atoms with van der Waals surface area (Å²) in [7, 11) is 3.26. The first-order chi connectivity index (χ1) is 17.2. The quantitative estimate of drug-likeness (QED) is 0.176. The van der Waals surface area contributed by atoms with Gasteiger partial charge in [0.15, 0.2) is 0 Å². The number of ketones is 1. The normalized spacial score (nSPS) is 17.2. The highest BCUT2D eigenvalue weighted by atomic mass is 35.5. The van der Waals surface area contributed by atoms with Crippen LogP contribution < -0.4 is 9.64 Å². The molecular formula is C27H19Cl3N2O4. The number of halogens is 3. The van der Waals surface area contributed by atoms with E-state index in [1.165, 1.54) is 24.1 Å². The summed E-state index contributed by atoms with van der Waals surface area (Å²) in [6, 6.07) is 16.2. The summed E-state index contributed by atoms with van der Waals surface area (Å²) in [5.41, 5.74) is 2.01. The summed E-state index contributed by atoms with van der Waals surface area (Å²) in [5.74, 6) is -1.95. The number of ether oxygens (including phenoxy) is 1. The first kappa shape index (κ1) is 24.3. The minimum Gasteiger partial charge on any atom is -0.507 e. The molecule has 1 atom stereocenters. The van der Waals surface area contributed by atoms with Crippen molar-refractivity contribution in [2.75, 3.05) is 12.0 Å². The van der Waals surface area contributed by atoms with E-state index in [1.807, 2.05) is 42.1 Å². The number of aliphatic hydroxyl groups excluding tert-OH is 1. The number of Topliss-reactive ketones (excluding diaryl/α,β-unsaturated/α-hetero) is 1. The van der Waals surface area contributed by atoms with Crippen LogP contribution in [0, 0.1) is 0 Å². The van der Waals surface area contributed by atoms with Gasteiger partial charge in [-0.05, 0) is 42.5 Å². The molecule has 9 heteroatoms. The highest BCUT2D eigenvalue weighted by molar-refractivity contribution is 6.52. The summed E-state index contributed by atoms with van der Waals surface area (Å²) in [4.78, 5) is 28.3. The van der Waals surface area contributed by atoms with Gasteiger partial charge >= 0.3 is 0 Å². The molecule has 1 aliphatic rings. The van der Waals surface area contributed by atoms with Gasteiger partial charge in [-0.25, -0.2) is 0 Å². The van der Waals surface area contributed by atoms with E-state index in [2.05, 4.69) is 0 Å². The fourth-order valence-electron chi connectivity index (χ4n) is 4.67. The number of aromatic nitrogens is 1. The molecule has 2 heterocycles. The Balaban J connectivity index is 1.84. The predicted molar refractivity (Wildman–Crippen MR) is 142 cm³/mol. The van der Waals surface area contributed by atoms with Crippen molar-refractivity contribution in [3.63, 3.8) is 0 Å². The Morgan fingerprint density at radius 2 is 1.67 bits per heavy atom. The number of fused-ring (bicyclic) bond motifs is 1. The molecule has 0 aliphatic carbocycles. The lowest BCUT2D eigenvalue weighted by atomic mass is 9.94. The van der Waals surface area contributed by atoms with Crippen LogP contribution in [0.2, 0.25) is 15.1 Å².